The molecule has 2 unspecified atom stereocenters. The summed E-state index contributed by atoms with van der Waals surface area (Å²) in [5.41, 5.74) is 0. The fourth-order valence-corrected chi connectivity index (χ4v) is 2.79. The molecule has 3 nitrogen and oxygen atoms in total. The van der Waals surface area contributed by atoms with Gasteiger partial charge in [-0.25, -0.2) is 0 Å². The number of hydrogen-bond donors (Lipinski definition) is 2. The van der Waals surface area contributed by atoms with Gasteiger partial charge in [0.1, 0.15) is 0 Å². The van der Waals surface area contributed by atoms with Crippen molar-refractivity contribution in [2.45, 2.75) is 19.8 Å². The highest BCUT2D eigenvalue weighted by molar-refractivity contribution is 4.76. The molecule has 0 radical (unpaired) electrons. The van der Waals surface area contributed by atoms with Crippen LogP contribution in [0.4, 0.5) is 0 Å². The van der Waals surface area contributed by atoms with E-state index in [0.717, 1.165) is 11.8 Å². The monoisotopic (exact) mass is 211 g/mol. The molecule has 0 bridgehead atoms. The van der Waals surface area contributed by atoms with Crippen molar-refractivity contribution in [2.24, 2.45) is 11.8 Å². The summed E-state index contributed by atoms with van der Waals surface area (Å²) in [6.45, 7) is 11.0. The van der Waals surface area contributed by atoms with Crippen molar-refractivity contribution >= 4 is 0 Å². The Balaban J connectivity index is 1.76. The van der Waals surface area contributed by atoms with Gasteiger partial charge in [-0.3, -0.25) is 0 Å². The quantitative estimate of drug-likeness (QED) is 0.697. The van der Waals surface area contributed by atoms with E-state index in [-0.39, 0.29) is 0 Å². The molecule has 2 fully saturated rings. The van der Waals surface area contributed by atoms with Gasteiger partial charge in [-0.2, -0.15) is 0 Å². The summed E-state index contributed by atoms with van der Waals surface area (Å²) < 4.78 is 0. The molecule has 2 heterocycles. The smallest absolute Gasteiger partial charge is 0.0107 e. The van der Waals surface area contributed by atoms with E-state index in [4.69, 9.17) is 0 Å². The van der Waals surface area contributed by atoms with Crippen LogP contribution in [0.15, 0.2) is 0 Å². The van der Waals surface area contributed by atoms with Crippen molar-refractivity contribution in [1.82, 2.24) is 15.5 Å². The van der Waals surface area contributed by atoms with E-state index < -0.39 is 0 Å². The van der Waals surface area contributed by atoms with Gasteiger partial charge in [-0.15, -0.1) is 0 Å². The minimum atomic E-state index is 0.809. The lowest BCUT2D eigenvalue weighted by atomic mass is 9.98. The third kappa shape index (κ3) is 3.74. The fourth-order valence-electron chi connectivity index (χ4n) is 2.79. The van der Waals surface area contributed by atoms with E-state index in [9.17, 15) is 0 Å². The van der Waals surface area contributed by atoms with E-state index in [1.807, 2.05) is 0 Å². The van der Waals surface area contributed by atoms with Gasteiger partial charge in [0.15, 0.2) is 0 Å². The van der Waals surface area contributed by atoms with Gasteiger partial charge in [0.2, 0.25) is 0 Å². The minimum Gasteiger partial charge on any atom is -0.316 e. The van der Waals surface area contributed by atoms with Crippen molar-refractivity contribution in [3.8, 4) is 0 Å². The zero-order chi connectivity index (χ0) is 10.5. The summed E-state index contributed by atoms with van der Waals surface area (Å²) in [6, 6.07) is 0. The maximum absolute atomic E-state index is 3.51. The summed E-state index contributed by atoms with van der Waals surface area (Å²) in [6.07, 6.45) is 2.79. The predicted molar refractivity (Wildman–Crippen MR) is 64.1 cm³/mol. The first kappa shape index (κ1) is 11.4. The number of nitrogens with zero attached hydrogens (tertiary/aromatic N) is 1. The molecule has 0 spiro atoms. The predicted octanol–water partition coefficient (Wildman–Crippen LogP) is 0.527. The standard InChI is InChI=1S/C12H25N3/c1-11-7-14-5-6-15(9-11)10-12-3-2-4-13-8-12/h11-14H,2-10H2,1H3. The van der Waals surface area contributed by atoms with Gasteiger partial charge in [0.05, 0.1) is 0 Å². The normalized spacial score (nSPS) is 35.0. The Morgan fingerprint density at radius 1 is 1.20 bits per heavy atom. The average Bonchev–Trinajstić information content (AvgIpc) is 2.44. The Hall–Kier alpha value is -0.120. The number of rotatable bonds is 2. The van der Waals surface area contributed by atoms with E-state index in [1.54, 1.807) is 0 Å². The summed E-state index contributed by atoms with van der Waals surface area (Å²) in [4.78, 5) is 2.66. The second kappa shape index (κ2) is 5.83. The van der Waals surface area contributed by atoms with Crippen LogP contribution in [0.1, 0.15) is 19.8 Å². The lowest BCUT2D eigenvalue weighted by Crippen LogP contribution is -2.40. The molecule has 3 heteroatoms. The van der Waals surface area contributed by atoms with Crippen LogP contribution in [0.2, 0.25) is 0 Å². The Morgan fingerprint density at radius 2 is 2.07 bits per heavy atom. The van der Waals surface area contributed by atoms with Crippen molar-refractivity contribution < 1.29 is 0 Å². The largest absolute Gasteiger partial charge is 0.316 e. The van der Waals surface area contributed by atoms with Gasteiger partial charge in [-0.1, -0.05) is 6.92 Å². The lowest BCUT2D eigenvalue weighted by molar-refractivity contribution is 0.203. The average molecular weight is 211 g/mol. The van der Waals surface area contributed by atoms with Crippen LogP contribution in [-0.2, 0) is 0 Å². The van der Waals surface area contributed by atoms with E-state index in [2.05, 4.69) is 22.5 Å². The van der Waals surface area contributed by atoms with Gasteiger partial charge >= 0.3 is 0 Å². The Labute approximate surface area is 93.6 Å². The zero-order valence-electron chi connectivity index (χ0n) is 9.97. The fraction of sp³-hybridized carbons (Fsp3) is 1.00. The first-order valence-corrected chi connectivity index (χ1v) is 6.48. The summed E-state index contributed by atoms with van der Waals surface area (Å²) in [7, 11) is 0. The van der Waals surface area contributed by atoms with Gasteiger partial charge < -0.3 is 15.5 Å². The van der Waals surface area contributed by atoms with Crippen LogP contribution in [0.5, 0.6) is 0 Å². The molecule has 0 aliphatic carbocycles. The van der Waals surface area contributed by atoms with Crippen molar-refractivity contribution in [3.05, 3.63) is 0 Å². The molecular weight excluding hydrogens is 186 g/mol. The number of piperidine rings is 1. The topological polar surface area (TPSA) is 27.3 Å². The number of nitrogens with one attached hydrogen (secondary N) is 2. The summed E-state index contributed by atoms with van der Waals surface area (Å²) in [5, 5.41) is 7.02. The molecule has 2 aliphatic heterocycles. The maximum Gasteiger partial charge on any atom is 0.0107 e. The molecule has 15 heavy (non-hydrogen) atoms. The summed E-state index contributed by atoms with van der Waals surface area (Å²) in [5.74, 6) is 1.70. The zero-order valence-corrected chi connectivity index (χ0v) is 9.97. The Bertz CT molecular complexity index is 178. The van der Waals surface area contributed by atoms with Crippen molar-refractivity contribution in [2.75, 3.05) is 45.8 Å². The molecule has 2 aliphatic rings. The van der Waals surface area contributed by atoms with E-state index in [0.29, 0.717) is 0 Å². The first-order chi connectivity index (χ1) is 7.34. The summed E-state index contributed by atoms with van der Waals surface area (Å²) >= 11 is 0. The van der Waals surface area contributed by atoms with Crippen LogP contribution < -0.4 is 10.6 Å². The Kier molecular flexibility index (Phi) is 4.42. The molecule has 88 valence electrons. The molecule has 0 aromatic carbocycles. The van der Waals surface area contributed by atoms with Gasteiger partial charge in [0.25, 0.3) is 0 Å². The van der Waals surface area contributed by atoms with Crippen molar-refractivity contribution in [1.29, 1.82) is 0 Å². The highest BCUT2D eigenvalue weighted by Crippen LogP contribution is 2.13. The molecule has 2 N–H and O–H groups in total. The molecule has 0 aromatic heterocycles. The molecular formula is C12H25N3. The van der Waals surface area contributed by atoms with Crippen LogP contribution in [0, 0.1) is 11.8 Å². The lowest BCUT2D eigenvalue weighted by Gasteiger charge is -2.30. The molecule has 0 aromatic rings. The molecule has 2 saturated heterocycles. The molecule has 2 atom stereocenters. The third-order valence-corrected chi connectivity index (χ3v) is 3.58. The van der Waals surface area contributed by atoms with E-state index >= 15 is 0 Å². The molecule has 0 amide bonds. The van der Waals surface area contributed by atoms with E-state index in [1.165, 1.54) is 58.7 Å². The van der Waals surface area contributed by atoms with Gasteiger partial charge in [0, 0.05) is 26.2 Å². The van der Waals surface area contributed by atoms with Crippen molar-refractivity contribution in [3.63, 3.8) is 0 Å². The second-order valence-corrected chi connectivity index (χ2v) is 5.28. The number of hydrogen-bond acceptors (Lipinski definition) is 3. The SMILES string of the molecule is CC1CNCCN(CC2CCCNC2)C1. The highest BCUT2D eigenvalue weighted by atomic mass is 15.2. The highest BCUT2D eigenvalue weighted by Gasteiger charge is 2.19. The first-order valence-electron chi connectivity index (χ1n) is 6.48. The van der Waals surface area contributed by atoms with Crippen LogP contribution in [-0.4, -0.2) is 50.7 Å². The van der Waals surface area contributed by atoms with Crippen LogP contribution in [0.3, 0.4) is 0 Å². The molecule has 2 rings (SSSR count). The van der Waals surface area contributed by atoms with Crippen LogP contribution >= 0.6 is 0 Å². The third-order valence-electron chi connectivity index (χ3n) is 3.58. The van der Waals surface area contributed by atoms with Gasteiger partial charge in [-0.05, 0) is 44.3 Å². The minimum absolute atomic E-state index is 0.809. The molecule has 0 saturated carbocycles. The Morgan fingerprint density at radius 3 is 2.87 bits per heavy atom. The maximum atomic E-state index is 3.51. The van der Waals surface area contributed by atoms with Crippen LogP contribution in [0.25, 0.3) is 0 Å². The second-order valence-electron chi connectivity index (χ2n) is 5.28.